The van der Waals surface area contributed by atoms with Crippen molar-refractivity contribution in [1.82, 2.24) is 4.90 Å². The molecule has 146 valence electrons. The summed E-state index contributed by atoms with van der Waals surface area (Å²) < 4.78 is 5.57. The molecule has 5 rings (SSSR count). The molecule has 4 atom stereocenters. The largest absolute Gasteiger partial charge is 0.497 e. The van der Waals surface area contributed by atoms with Gasteiger partial charge in [-0.1, -0.05) is 25.8 Å². The van der Waals surface area contributed by atoms with Crippen molar-refractivity contribution in [3.8, 4) is 5.75 Å². The van der Waals surface area contributed by atoms with Crippen LogP contribution < -0.4 is 4.74 Å². The van der Waals surface area contributed by atoms with Gasteiger partial charge in [0.2, 0.25) is 0 Å². The summed E-state index contributed by atoms with van der Waals surface area (Å²) >= 11 is 0. The van der Waals surface area contributed by atoms with Crippen molar-refractivity contribution in [1.29, 1.82) is 0 Å². The molecule has 1 aromatic rings. The Bertz CT molecular complexity index is 740. The smallest absolute Gasteiger partial charge is 0.134 e. The van der Waals surface area contributed by atoms with Gasteiger partial charge in [0.05, 0.1) is 7.11 Å². The molecule has 4 aliphatic rings. The van der Waals surface area contributed by atoms with E-state index in [0.717, 1.165) is 50.3 Å². The van der Waals surface area contributed by atoms with Gasteiger partial charge in [-0.2, -0.15) is 0 Å². The molecule has 2 bridgehead atoms. The van der Waals surface area contributed by atoms with Gasteiger partial charge in [-0.3, -0.25) is 9.69 Å². The van der Waals surface area contributed by atoms with Gasteiger partial charge in [-0.05, 0) is 73.2 Å². The van der Waals surface area contributed by atoms with Crippen LogP contribution in [0.1, 0.15) is 63.0 Å². The van der Waals surface area contributed by atoms with Crippen LogP contribution in [0.4, 0.5) is 0 Å². The number of piperidine rings is 1. The molecular weight excluding hydrogens is 334 g/mol. The van der Waals surface area contributed by atoms with E-state index in [9.17, 15) is 4.79 Å². The molecule has 3 aliphatic carbocycles. The fraction of sp³-hybridized carbons (Fsp3) is 0.708. The number of rotatable bonds is 4. The SMILES string of the molecule is CC[C@H]1CC(=O)CC23CCN(CC4CCC4)C(Cc4ccc(OC)cc42)[C@H]13. The van der Waals surface area contributed by atoms with Gasteiger partial charge >= 0.3 is 0 Å². The molecule has 3 nitrogen and oxygen atoms in total. The average Bonchev–Trinajstić information content (AvgIpc) is 2.64. The predicted molar refractivity (Wildman–Crippen MR) is 107 cm³/mol. The molecule has 3 fully saturated rings. The number of hydrogen-bond donors (Lipinski definition) is 0. The van der Waals surface area contributed by atoms with E-state index in [4.69, 9.17) is 4.74 Å². The van der Waals surface area contributed by atoms with Crippen LogP contribution >= 0.6 is 0 Å². The minimum absolute atomic E-state index is 0.0545. The van der Waals surface area contributed by atoms with E-state index in [2.05, 4.69) is 30.0 Å². The van der Waals surface area contributed by atoms with Gasteiger partial charge in [0.15, 0.2) is 0 Å². The molecule has 2 saturated carbocycles. The minimum Gasteiger partial charge on any atom is -0.497 e. The first-order valence-corrected chi connectivity index (χ1v) is 11.1. The summed E-state index contributed by atoms with van der Waals surface area (Å²) in [7, 11) is 1.75. The predicted octanol–water partition coefficient (Wildman–Crippen LogP) is 4.37. The van der Waals surface area contributed by atoms with Gasteiger partial charge in [-0.25, -0.2) is 0 Å². The van der Waals surface area contributed by atoms with Gasteiger partial charge < -0.3 is 4.74 Å². The normalized spacial score (nSPS) is 35.9. The van der Waals surface area contributed by atoms with Gasteiger partial charge in [0.25, 0.3) is 0 Å². The molecular formula is C24H33NO2. The Kier molecular flexibility index (Phi) is 4.34. The fourth-order valence-electron chi connectivity index (χ4n) is 6.93. The second kappa shape index (κ2) is 6.62. The molecule has 3 heteroatoms. The lowest BCUT2D eigenvalue weighted by molar-refractivity contribution is -0.132. The number of benzene rings is 1. The molecule has 0 amide bonds. The average molecular weight is 368 g/mol. The lowest BCUT2D eigenvalue weighted by Crippen LogP contribution is -2.64. The van der Waals surface area contributed by atoms with Crippen LogP contribution in [-0.4, -0.2) is 36.9 Å². The Balaban J connectivity index is 1.59. The number of likely N-dealkylation sites (tertiary alicyclic amines) is 1. The number of ketones is 1. The van der Waals surface area contributed by atoms with Crippen LogP contribution in [0.3, 0.4) is 0 Å². The second-order valence-electron chi connectivity index (χ2n) is 9.61. The molecule has 27 heavy (non-hydrogen) atoms. The minimum atomic E-state index is 0.0545. The van der Waals surface area contributed by atoms with Crippen LogP contribution in [0.5, 0.6) is 5.75 Å². The zero-order valence-electron chi connectivity index (χ0n) is 16.9. The van der Waals surface area contributed by atoms with E-state index in [1.807, 2.05) is 0 Å². The highest BCUT2D eigenvalue weighted by atomic mass is 16.5. The maximum atomic E-state index is 12.8. The summed E-state index contributed by atoms with van der Waals surface area (Å²) in [5.41, 5.74) is 2.97. The number of fused-ring (bicyclic) bond motifs is 1. The molecule has 1 saturated heterocycles. The second-order valence-corrected chi connectivity index (χ2v) is 9.61. The third kappa shape index (κ3) is 2.68. The van der Waals surface area contributed by atoms with E-state index in [1.165, 1.54) is 36.9 Å². The first-order valence-electron chi connectivity index (χ1n) is 11.1. The van der Waals surface area contributed by atoms with Crippen LogP contribution in [-0.2, 0) is 16.6 Å². The van der Waals surface area contributed by atoms with E-state index < -0.39 is 0 Å². The van der Waals surface area contributed by atoms with Gasteiger partial charge in [0.1, 0.15) is 11.5 Å². The van der Waals surface area contributed by atoms with E-state index >= 15 is 0 Å². The molecule has 1 aromatic carbocycles. The zero-order valence-corrected chi connectivity index (χ0v) is 16.9. The number of hydrogen-bond acceptors (Lipinski definition) is 3. The topological polar surface area (TPSA) is 29.5 Å². The number of carbonyl (C=O) groups is 1. The number of nitrogens with zero attached hydrogens (tertiary/aromatic N) is 1. The van der Waals surface area contributed by atoms with Gasteiger partial charge in [0, 0.05) is 30.8 Å². The monoisotopic (exact) mass is 367 g/mol. The molecule has 2 unspecified atom stereocenters. The van der Waals surface area contributed by atoms with E-state index in [-0.39, 0.29) is 5.41 Å². The highest BCUT2D eigenvalue weighted by molar-refractivity contribution is 5.82. The van der Waals surface area contributed by atoms with Crippen molar-refractivity contribution in [2.45, 2.75) is 69.7 Å². The summed E-state index contributed by atoms with van der Waals surface area (Å²) in [6, 6.07) is 7.29. The highest BCUT2D eigenvalue weighted by Crippen LogP contribution is 2.58. The number of ether oxygens (including phenoxy) is 1. The first kappa shape index (κ1) is 17.7. The summed E-state index contributed by atoms with van der Waals surface area (Å²) in [6.07, 6.45) is 9.24. The van der Waals surface area contributed by atoms with Crippen molar-refractivity contribution in [3.05, 3.63) is 29.3 Å². The zero-order chi connectivity index (χ0) is 18.6. The molecule has 1 aliphatic heterocycles. The summed E-state index contributed by atoms with van der Waals surface area (Å²) in [5.74, 6) is 3.52. The number of Topliss-reactive ketones (excluding diaryl/α,β-unsaturated/α-hetero) is 1. The highest BCUT2D eigenvalue weighted by Gasteiger charge is 2.58. The Labute approximate surface area is 163 Å². The maximum absolute atomic E-state index is 12.8. The van der Waals surface area contributed by atoms with E-state index in [1.54, 1.807) is 7.11 Å². The number of carbonyl (C=O) groups excluding carboxylic acids is 1. The quantitative estimate of drug-likeness (QED) is 0.791. The standard InChI is InChI=1S/C24H33NO2/c1-3-17-11-19(26)14-24-9-10-25(15-16-5-4-6-16)22(23(17)24)12-18-7-8-20(27-2)13-21(18)24/h7-8,13,16-17,22-23H,3-6,9-12,14-15H2,1-2H3/t17-,22?,23-,24?/m0/s1. The summed E-state index contributed by atoms with van der Waals surface area (Å²) in [6.45, 7) is 4.75. The Hall–Kier alpha value is -1.35. The molecule has 0 spiro atoms. The van der Waals surface area contributed by atoms with Crippen LogP contribution in [0.15, 0.2) is 18.2 Å². The Morgan fingerprint density at radius 1 is 1.26 bits per heavy atom. The fourth-order valence-corrected chi connectivity index (χ4v) is 6.93. The third-order valence-electron chi connectivity index (χ3n) is 8.40. The third-order valence-corrected chi connectivity index (χ3v) is 8.40. The summed E-state index contributed by atoms with van der Waals surface area (Å²) in [4.78, 5) is 15.6. The molecule has 1 heterocycles. The van der Waals surface area contributed by atoms with Crippen molar-refractivity contribution >= 4 is 5.78 Å². The van der Waals surface area contributed by atoms with E-state index in [0.29, 0.717) is 23.7 Å². The lowest BCUT2D eigenvalue weighted by Gasteiger charge is -2.61. The van der Waals surface area contributed by atoms with Crippen LogP contribution in [0.25, 0.3) is 0 Å². The summed E-state index contributed by atoms with van der Waals surface area (Å²) in [5, 5.41) is 0. The van der Waals surface area contributed by atoms with Crippen molar-refractivity contribution < 1.29 is 9.53 Å². The van der Waals surface area contributed by atoms with Crippen LogP contribution in [0, 0.1) is 17.8 Å². The molecule has 0 radical (unpaired) electrons. The number of methoxy groups -OCH3 is 1. The maximum Gasteiger partial charge on any atom is 0.134 e. The Morgan fingerprint density at radius 2 is 2.11 bits per heavy atom. The molecule has 0 N–H and O–H groups in total. The Morgan fingerprint density at radius 3 is 2.81 bits per heavy atom. The van der Waals surface area contributed by atoms with Crippen molar-refractivity contribution in [3.63, 3.8) is 0 Å². The van der Waals surface area contributed by atoms with Crippen molar-refractivity contribution in [2.75, 3.05) is 20.2 Å². The lowest BCUT2D eigenvalue weighted by atomic mass is 9.49. The molecule has 0 aromatic heterocycles. The van der Waals surface area contributed by atoms with Crippen molar-refractivity contribution in [2.24, 2.45) is 17.8 Å². The van der Waals surface area contributed by atoms with Crippen LogP contribution in [0.2, 0.25) is 0 Å². The van der Waals surface area contributed by atoms with Gasteiger partial charge in [-0.15, -0.1) is 0 Å². The first-order chi connectivity index (χ1) is 13.1.